The Kier molecular flexibility index (Phi) is 6.43. The molecule has 1 amide bonds. The summed E-state index contributed by atoms with van der Waals surface area (Å²) in [6.07, 6.45) is 3.31. The molecule has 0 fully saturated rings. The first-order chi connectivity index (χ1) is 11.6. The average molecular weight is 325 g/mol. The van der Waals surface area contributed by atoms with Gasteiger partial charge in [0.1, 0.15) is 18.1 Å². The summed E-state index contributed by atoms with van der Waals surface area (Å²) in [5.74, 6) is 1.52. The summed E-state index contributed by atoms with van der Waals surface area (Å²) >= 11 is 0. The van der Waals surface area contributed by atoms with Crippen LogP contribution >= 0.6 is 0 Å². The average Bonchev–Trinajstić information content (AvgIpc) is 2.61. The van der Waals surface area contributed by atoms with Crippen molar-refractivity contribution in [3.05, 3.63) is 65.7 Å². The van der Waals surface area contributed by atoms with E-state index in [1.165, 1.54) is 0 Å². The molecule has 0 saturated carbocycles. The fourth-order valence-electron chi connectivity index (χ4n) is 2.21. The summed E-state index contributed by atoms with van der Waals surface area (Å²) in [7, 11) is 3.37. The van der Waals surface area contributed by atoms with E-state index in [-0.39, 0.29) is 5.91 Å². The van der Waals surface area contributed by atoms with Crippen LogP contribution in [0.15, 0.2) is 54.6 Å². The number of likely N-dealkylation sites (N-methyl/N-ethyl adjacent to an activating group) is 1. The number of methoxy groups -OCH3 is 1. The molecule has 24 heavy (non-hydrogen) atoms. The van der Waals surface area contributed by atoms with Gasteiger partial charge in [-0.15, -0.1) is 0 Å². The molecule has 2 aromatic carbocycles. The highest BCUT2D eigenvalue weighted by molar-refractivity contribution is 5.92. The number of rotatable bonds is 7. The number of nitrogens with zero attached hydrogens (tertiary/aromatic N) is 1. The minimum atomic E-state index is -0.0747. The Bertz CT molecular complexity index is 710. The van der Waals surface area contributed by atoms with Crippen LogP contribution in [0.5, 0.6) is 11.5 Å². The number of hydrogen-bond acceptors (Lipinski definition) is 3. The standard InChI is InChI=1S/C20H23NO3/c1-16-8-4-6-10-18(16)24-15-14-21(2)20(22)13-12-17-9-5-7-11-19(17)23-3/h4-13H,14-15H2,1-3H3/b13-12+. The highest BCUT2D eigenvalue weighted by atomic mass is 16.5. The quantitative estimate of drug-likeness (QED) is 0.731. The molecule has 0 unspecified atom stereocenters. The van der Waals surface area contributed by atoms with Gasteiger partial charge in [0, 0.05) is 18.7 Å². The molecule has 0 heterocycles. The Morgan fingerprint density at radius 3 is 2.46 bits per heavy atom. The molecule has 0 N–H and O–H groups in total. The fraction of sp³-hybridized carbons (Fsp3) is 0.250. The van der Waals surface area contributed by atoms with Gasteiger partial charge in [0.2, 0.25) is 5.91 Å². The zero-order chi connectivity index (χ0) is 17.4. The van der Waals surface area contributed by atoms with Crippen LogP contribution in [-0.4, -0.2) is 38.1 Å². The van der Waals surface area contributed by atoms with Gasteiger partial charge in [0.15, 0.2) is 0 Å². The Balaban J connectivity index is 1.86. The van der Waals surface area contributed by atoms with E-state index < -0.39 is 0 Å². The van der Waals surface area contributed by atoms with Crippen LogP contribution in [0, 0.1) is 6.92 Å². The van der Waals surface area contributed by atoms with Gasteiger partial charge in [-0.3, -0.25) is 4.79 Å². The van der Waals surface area contributed by atoms with Gasteiger partial charge in [0.25, 0.3) is 0 Å². The number of aryl methyl sites for hydroxylation is 1. The van der Waals surface area contributed by atoms with Crippen molar-refractivity contribution < 1.29 is 14.3 Å². The van der Waals surface area contributed by atoms with E-state index in [1.54, 1.807) is 31.2 Å². The molecule has 0 aliphatic carbocycles. The van der Waals surface area contributed by atoms with Crippen molar-refractivity contribution in [3.63, 3.8) is 0 Å². The minimum Gasteiger partial charge on any atom is -0.496 e. The Hall–Kier alpha value is -2.75. The lowest BCUT2D eigenvalue weighted by molar-refractivity contribution is -0.125. The zero-order valence-corrected chi connectivity index (χ0v) is 14.4. The van der Waals surface area contributed by atoms with Gasteiger partial charge in [-0.05, 0) is 30.7 Å². The molecule has 2 rings (SSSR count). The van der Waals surface area contributed by atoms with Gasteiger partial charge < -0.3 is 14.4 Å². The smallest absolute Gasteiger partial charge is 0.246 e. The summed E-state index contributed by atoms with van der Waals surface area (Å²) in [5.41, 5.74) is 1.96. The molecule has 4 nitrogen and oxygen atoms in total. The number of para-hydroxylation sites is 2. The van der Waals surface area contributed by atoms with E-state index >= 15 is 0 Å². The third-order valence-corrected chi connectivity index (χ3v) is 3.70. The maximum absolute atomic E-state index is 12.2. The number of hydrogen-bond donors (Lipinski definition) is 0. The van der Waals surface area contributed by atoms with Crippen LogP contribution in [0.1, 0.15) is 11.1 Å². The molecule has 2 aromatic rings. The molecule has 0 spiro atoms. The Morgan fingerprint density at radius 2 is 1.75 bits per heavy atom. The van der Waals surface area contributed by atoms with E-state index in [0.29, 0.717) is 13.2 Å². The van der Waals surface area contributed by atoms with Crippen LogP contribution in [-0.2, 0) is 4.79 Å². The second-order valence-electron chi connectivity index (χ2n) is 5.45. The van der Waals surface area contributed by atoms with Gasteiger partial charge in [0.05, 0.1) is 13.7 Å². The van der Waals surface area contributed by atoms with E-state index in [1.807, 2.05) is 55.5 Å². The molecule has 0 radical (unpaired) electrons. The molecular weight excluding hydrogens is 302 g/mol. The monoisotopic (exact) mass is 325 g/mol. The molecular formula is C20H23NO3. The third-order valence-electron chi connectivity index (χ3n) is 3.70. The van der Waals surface area contributed by atoms with E-state index in [4.69, 9.17) is 9.47 Å². The molecule has 126 valence electrons. The number of amides is 1. The second-order valence-corrected chi connectivity index (χ2v) is 5.45. The van der Waals surface area contributed by atoms with Crippen LogP contribution in [0.25, 0.3) is 6.08 Å². The minimum absolute atomic E-state index is 0.0747. The van der Waals surface area contributed by atoms with Crippen LogP contribution in [0.4, 0.5) is 0 Å². The lowest BCUT2D eigenvalue weighted by Crippen LogP contribution is -2.29. The van der Waals surface area contributed by atoms with Crippen LogP contribution < -0.4 is 9.47 Å². The molecule has 0 bridgehead atoms. The lowest BCUT2D eigenvalue weighted by atomic mass is 10.2. The Morgan fingerprint density at radius 1 is 1.08 bits per heavy atom. The van der Waals surface area contributed by atoms with Crippen molar-refractivity contribution in [1.29, 1.82) is 0 Å². The maximum Gasteiger partial charge on any atom is 0.246 e. The van der Waals surface area contributed by atoms with Crippen molar-refractivity contribution in [1.82, 2.24) is 4.90 Å². The van der Waals surface area contributed by atoms with Gasteiger partial charge in [-0.25, -0.2) is 0 Å². The molecule has 0 aliphatic heterocycles. The second kappa shape index (κ2) is 8.77. The highest BCUT2D eigenvalue weighted by Crippen LogP contribution is 2.19. The first kappa shape index (κ1) is 17.6. The number of benzene rings is 2. The molecule has 0 aromatic heterocycles. The lowest BCUT2D eigenvalue weighted by Gasteiger charge is -2.16. The predicted molar refractivity (Wildman–Crippen MR) is 96.3 cm³/mol. The SMILES string of the molecule is COc1ccccc1/C=C/C(=O)N(C)CCOc1ccccc1C. The topological polar surface area (TPSA) is 38.8 Å². The molecule has 0 atom stereocenters. The van der Waals surface area contributed by atoms with Crippen molar-refractivity contribution in [2.24, 2.45) is 0 Å². The van der Waals surface area contributed by atoms with Crippen molar-refractivity contribution >= 4 is 12.0 Å². The van der Waals surface area contributed by atoms with E-state index in [0.717, 1.165) is 22.6 Å². The highest BCUT2D eigenvalue weighted by Gasteiger charge is 2.06. The van der Waals surface area contributed by atoms with Crippen LogP contribution in [0.2, 0.25) is 0 Å². The number of carbonyl (C=O) groups excluding carboxylic acids is 1. The third kappa shape index (κ3) is 4.88. The molecule has 4 heteroatoms. The predicted octanol–water partition coefficient (Wildman–Crippen LogP) is 3.55. The first-order valence-corrected chi connectivity index (χ1v) is 7.86. The fourth-order valence-corrected chi connectivity index (χ4v) is 2.21. The van der Waals surface area contributed by atoms with Crippen molar-refractivity contribution in [2.45, 2.75) is 6.92 Å². The number of carbonyl (C=O) groups is 1. The van der Waals surface area contributed by atoms with E-state index in [2.05, 4.69) is 0 Å². The first-order valence-electron chi connectivity index (χ1n) is 7.86. The van der Waals surface area contributed by atoms with Gasteiger partial charge in [-0.1, -0.05) is 36.4 Å². The normalized spacial score (nSPS) is 10.6. The summed E-state index contributed by atoms with van der Waals surface area (Å²) < 4.78 is 11.0. The Labute approximate surface area is 143 Å². The zero-order valence-electron chi connectivity index (χ0n) is 14.4. The summed E-state index contributed by atoms with van der Waals surface area (Å²) in [6.45, 7) is 2.97. The van der Waals surface area contributed by atoms with Crippen molar-refractivity contribution in [2.75, 3.05) is 27.3 Å². The number of ether oxygens (including phenoxy) is 2. The molecule has 0 aliphatic rings. The molecule has 0 saturated heterocycles. The summed E-state index contributed by atoms with van der Waals surface area (Å²) in [6, 6.07) is 15.4. The van der Waals surface area contributed by atoms with Gasteiger partial charge in [-0.2, -0.15) is 0 Å². The van der Waals surface area contributed by atoms with Crippen molar-refractivity contribution in [3.8, 4) is 11.5 Å². The summed E-state index contributed by atoms with van der Waals surface area (Å²) in [5, 5.41) is 0. The maximum atomic E-state index is 12.2. The van der Waals surface area contributed by atoms with Gasteiger partial charge >= 0.3 is 0 Å². The summed E-state index contributed by atoms with van der Waals surface area (Å²) in [4.78, 5) is 13.8. The van der Waals surface area contributed by atoms with Crippen LogP contribution in [0.3, 0.4) is 0 Å². The largest absolute Gasteiger partial charge is 0.496 e. The van der Waals surface area contributed by atoms with E-state index in [9.17, 15) is 4.79 Å².